The number of hydrogen-bond donors (Lipinski definition) is 1. The maximum atomic E-state index is 11.6. The summed E-state index contributed by atoms with van der Waals surface area (Å²) in [6.45, 7) is 1.05. The first-order valence-corrected chi connectivity index (χ1v) is 8.87. The van der Waals surface area contributed by atoms with Crippen molar-refractivity contribution in [1.29, 1.82) is 0 Å². The topological polar surface area (TPSA) is 94.4 Å². The highest BCUT2D eigenvalue weighted by Crippen LogP contribution is 2.12. The van der Waals surface area contributed by atoms with Gasteiger partial charge in [0.1, 0.15) is 12.0 Å². The van der Waals surface area contributed by atoms with Crippen LogP contribution in [-0.4, -0.2) is 29.0 Å². The number of nitro groups is 1. The molecule has 0 spiro atoms. The summed E-state index contributed by atoms with van der Waals surface area (Å²) >= 11 is 5.80. The van der Waals surface area contributed by atoms with Crippen molar-refractivity contribution in [3.05, 3.63) is 69.4 Å². The number of anilines is 1. The summed E-state index contributed by atoms with van der Waals surface area (Å²) < 4.78 is 5.14. The van der Waals surface area contributed by atoms with Gasteiger partial charge >= 0.3 is 5.97 Å². The number of carbonyl (C=O) groups is 1. The van der Waals surface area contributed by atoms with Crippen LogP contribution in [0.5, 0.6) is 0 Å². The quantitative estimate of drug-likeness (QED) is 0.211. The van der Waals surface area contributed by atoms with E-state index in [0.717, 1.165) is 24.8 Å². The molecule has 0 bridgehead atoms. The van der Waals surface area contributed by atoms with Gasteiger partial charge in [-0.2, -0.15) is 0 Å². The van der Waals surface area contributed by atoms with Crippen LogP contribution in [-0.2, 0) is 9.53 Å². The lowest BCUT2D eigenvalue weighted by atomic mass is 10.2. The summed E-state index contributed by atoms with van der Waals surface area (Å²) in [5, 5.41) is 14.3. The van der Waals surface area contributed by atoms with Gasteiger partial charge in [0.15, 0.2) is 0 Å². The molecule has 0 radical (unpaired) electrons. The molecule has 1 N–H and O–H groups in total. The molecule has 0 saturated heterocycles. The van der Waals surface area contributed by atoms with Gasteiger partial charge in [0.2, 0.25) is 0 Å². The lowest BCUT2D eigenvalue weighted by Crippen LogP contribution is -2.05. The number of carbonyl (C=O) groups excluding carboxylic acids is 1. The van der Waals surface area contributed by atoms with Gasteiger partial charge in [-0.15, -0.1) is 0 Å². The molecule has 0 aliphatic rings. The van der Waals surface area contributed by atoms with Crippen molar-refractivity contribution in [2.24, 2.45) is 0 Å². The summed E-state index contributed by atoms with van der Waals surface area (Å²) in [6.07, 6.45) is 6.81. The number of pyridine rings is 1. The number of esters is 1. The van der Waals surface area contributed by atoms with Gasteiger partial charge in [0, 0.05) is 23.7 Å². The zero-order valence-corrected chi connectivity index (χ0v) is 15.4. The number of hydrogen-bond acceptors (Lipinski definition) is 6. The zero-order chi connectivity index (χ0) is 19.5. The number of rotatable bonds is 10. The number of nitrogens with one attached hydrogen (secondary N) is 1. The van der Waals surface area contributed by atoms with Crippen molar-refractivity contribution in [2.75, 3.05) is 18.5 Å². The summed E-state index contributed by atoms with van der Waals surface area (Å²) in [4.78, 5) is 25.7. The molecule has 0 aliphatic carbocycles. The van der Waals surface area contributed by atoms with Gasteiger partial charge < -0.3 is 10.1 Å². The number of nitrogens with zero attached hydrogens (tertiary/aromatic N) is 2. The summed E-state index contributed by atoms with van der Waals surface area (Å²) in [6, 6.07) is 10.1. The van der Waals surface area contributed by atoms with Crippen LogP contribution in [0.2, 0.25) is 5.02 Å². The van der Waals surface area contributed by atoms with E-state index in [1.807, 2.05) is 12.1 Å². The molecule has 0 atom stereocenters. The van der Waals surface area contributed by atoms with Gasteiger partial charge in [-0.3, -0.25) is 10.1 Å². The van der Waals surface area contributed by atoms with Gasteiger partial charge in [0.05, 0.1) is 11.5 Å². The van der Waals surface area contributed by atoms with Gasteiger partial charge in [-0.25, -0.2) is 9.78 Å². The number of benzene rings is 1. The van der Waals surface area contributed by atoms with Crippen LogP contribution in [0.3, 0.4) is 0 Å². The fourth-order valence-corrected chi connectivity index (χ4v) is 2.30. The number of unbranched alkanes of at least 4 members (excludes halogenated alkanes) is 2. The summed E-state index contributed by atoms with van der Waals surface area (Å²) in [5.41, 5.74) is 0.842. The first kappa shape index (κ1) is 20.4. The molecule has 0 aliphatic heterocycles. The Hall–Kier alpha value is -2.93. The molecule has 7 nitrogen and oxygen atoms in total. The largest absolute Gasteiger partial charge is 0.463 e. The van der Waals surface area contributed by atoms with E-state index in [9.17, 15) is 14.9 Å². The fourth-order valence-electron chi connectivity index (χ4n) is 2.18. The summed E-state index contributed by atoms with van der Waals surface area (Å²) in [7, 11) is 0. The van der Waals surface area contributed by atoms with E-state index >= 15 is 0 Å². The molecule has 8 heteroatoms. The van der Waals surface area contributed by atoms with E-state index in [-0.39, 0.29) is 11.7 Å². The molecule has 1 heterocycles. The first-order valence-electron chi connectivity index (χ1n) is 8.49. The zero-order valence-electron chi connectivity index (χ0n) is 14.6. The second kappa shape index (κ2) is 10.9. The maximum Gasteiger partial charge on any atom is 0.330 e. The van der Waals surface area contributed by atoms with Crippen molar-refractivity contribution in [2.45, 2.75) is 19.3 Å². The molecule has 1 aromatic heterocycles. The van der Waals surface area contributed by atoms with Crippen LogP contribution in [0.4, 0.5) is 11.5 Å². The van der Waals surface area contributed by atoms with Crippen molar-refractivity contribution >= 4 is 35.2 Å². The minimum absolute atomic E-state index is 0.0347. The van der Waals surface area contributed by atoms with Crippen LogP contribution in [0.1, 0.15) is 24.8 Å². The van der Waals surface area contributed by atoms with Gasteiger partial charge in [-0.1, -0.05) is 23.7 Å². The molecule has 0 fully saturated rings. The van der Waals surface area contributed by atoms with Crippen molar-refractivity contribution in [3.8, 4) is 0 Å². The van der Waals surface area contributed by atoms with Crippen molar-refractivity contribution in [3.63, 3.8) is 0 Å². The monoisotopic (exact) mass is 389 g/mol. The highest BCUT2D eigenvalue weighted by Gasteiger charge is 2.04. The minimum Gasteiger partial charge on any atom is -0.463 e. The highest BCUT2D eigenvalue weighted by atomic mass is 35.5. The van der Waals surface area contributed by atoms with E-state index in [0.29, 0.717) is 24.0 Å². The fraction of sp³-hybridized carbons (Fsp3) is 0.263. The molecular weight excluding hydrogens is 370 g/mol. The van der Waals surface area contributed by atoms with Crippen LogP contribution < -0.4 is 5.32 Å². The Morgan fingerprint density at radius 2 is 1.96 bits per heavy atom. The van der Waals surface area contributed by atoms with Crippen LogP contribution in [0.15, 0.2) is 48.7 Å². The minimum atomic E-state index is -0.483. The second-order valence-corrected chi connectivity index (χ2v) is 6.14. The Labute approximate surface area is 162 Å². The molecule has 0 saturated carbocycles. The van der Waals surface area contributed by atoms with Gasteiger partial charge in [-0.05, 0) is 49.1 Å². The van der Waals surface area contributed by atoms with E-state index in [1.54, 1.807) is 24.3 Å². The smallest absolute Gasteiger partial charge is 0.330 e. The Kier molecular flexibility index (Phi) is 8.25. The molecular formula is C19H20ClN3O4. The van der Waals surface area contributed by atoms with Crippen LogP contribution in [0.25, 0.3) is 6.08 Å². The third kappa shape index (κ3) is 7.87. The van der Waals surface area contributed by atoms with Crippen LogP contribution in [0, 0.1) is 10.1 Å². The third-order valence-electron chi connectivity index (χ3n) is 3.61. The standard InChI is InChI=1S/C19H20ClN3O4/c20-16-7-4-15(5-8-16)6-11-19(24)27-13-3-1-2-12-21-18-10-9-17(14-22-18)23(25)26/h4-11,14H,1-3,12-13H2,(H,21,22)/b11-6+. The Morgan fingerprint density at radius 1 is 1.19 bits per heavy atom. The lowest BCUT2D eigenvalue weighted by Gasteiger charge is -2.05. The number of ether oxygens (including phenoxy) is 1. The molecule has 142 valence electrons. The van der Waals surface area contributed by atoms with Crippen LogP contribution >= 0.6 is 11.6 Å². The van der Waals surface area contributed by atoms with E-state index in [4.69, 9.17) is 16.3 Å². The van der Waals surface area contributed by atoms with Gasteiger partial charge in [0.25, 0.3) is 5.69 Å². The predicted octanol–water partition coefficient (Wildman–Crippen LogP) is 4.48. The van der Waals surface area contributed by atoms with E-state index in [2.05, 4.69) is 10.3 Å². The van der Waals surface area contributed by atoms with E-state index in [1.165, 1.54) is 18.3 Å². The number of halogens is 1. The Bertz CT molecular complexity index is 777. The molecule has 1 aromatic carbocycles. The number of aromatic nitrogens is 1. The molecule has 27 heavy (non-hydrogen) atoms. The lowest BCUT2D eigenvalue weighted by molar-refractivity contribution is -0.385. The third-order valence-corrected chi connectivity index (χ3v) is 3.86. The van der Waals surface area contributed by atoms with E-state index < -0.39 is 4.92 Å². The normalized spacial score (nSPS) is 10.7. The average molecular weight is 390 g/mol. The molecule has 0 amide bonds. The highest BCUT2D eigenvalue weighted by molar-refractivity contribution is 6.30. The molecule has 2 rings (SSSR count). The second-order valence-electron chi connectivity index (χ2n) is 5.70. The molecule has 0 unspecified atom stereocenters. The van der Waals surface area contributed by atoms with Crippen molar-refractivity contribution < 1.29 is 14.5 Å². The maximum absolute atomic E-state index is 11.6. The molecule has 2 aromatic rings. The Balaban J connectivity index is 1.54. The Morgan fingerprint density at radius 3 is 2.63 bits per heavy atom. The summed E-state index contributed by atoms with van der Waals surface area (Å²) in [5.74, 6) is 0.220. The van der Waals surface area contributed by atoms with Crippen molar-refractivity contribution in [1.82, 2.24) is 4.98 Å². The SMILES string of the molecule is O=C(/C=C/c1ccc(Cl)cc1)OCCCCCNc1ccc([N+](=O)[O-])cn1. The first-order chi connectivity index (χ1) is 13.0. The average Bonchev–Trinajstić information content (AvgIpc) is 2.67. The predicted molar refractivity (Wildman–Crippen MR) is 105 cm³/mol.